The van der Waals surface area contributed by atoms with Crippen LogP contribution in [0.15, 0.2) is 18.2 Å². The lowest BCUT2D eigenvalue weighted by Gasteiger charge is -2.07. The second-order valence-corrected chi connectivity index (χ2v) is 5.95. The number of nitro benzene ring substituents is 1. The van der Waals surface area contributed by atoms with Crippen molar-refractivity contribution in [2.24, 2.45) is 0 Å². The third kappa shape index (κ3) is 3.91. The van der Waals surface area contributed by atoms with Gasteiger partial charge in [0, 0.05) is 30.3 Å². The summed E-state index contributed by atoms with van der Waals surface area (Å²) >= 11 is 6.09. The maximum atomic E-state index is 12.1. The van der Waals surface area contributed by atoms with Crippen molar-refractivity contribution < 1.29 is 9.72 Å². The second kappa shape index (κ2) is 7.44. The highest BCUT2D eigenvalue weighted by atomic mass is 35.5. The molecule has 1 heterocycles. The van der Waals surface area contributed by atoms with E-state index in [9.17, 15) is 14.9 Å². The van der Waals surface area contributed by atoms with Gasteiger partial charge in [0.05, 0.1) is 21.3 Å². The molecular weight excluding hydrogens is 332 g/mol. The zero-order valence-electron chi connectivity index (χ0n) is 13.8. The maximum absolute atomic E-state index is 12.1. The molecule has 0 saturated heterocycles. The van der Waals surface area contributed by atoms with Gasteiger partial charge in [-0.2, -0.15) is 5.10 Å². The van der Waals surface area contributed by atoms with Crippen LogP contribution in [-0.2, 0) is 6.54 Å². The molecule has 0 unspecified atom stereocenters. The smallest absolute Gasteiger partial charge is 0.272 e. The van der Waals surface area contributed by atoms with Crippen LogP contribution in [0.25, 0.3) is 0 Å². The molecule has 1 aromatic carbocycles. The molecule has 0 aliphatic rings. The summed E-state index contributed by atoms with van der Waals surface area (Å²) < 4.78 is 1.82. The van der Waals surface area contributed by atoms with Gasteiger partial charge >= 0.3 is 0 Å². The van der Waals surface area contributed by atoms with Crippen LogP contribution in [0.2, 0.25) is 5.02 Å². The molecule has 0 aliphatic carbocycles. The number of aryl methyl sites for hydroxylation is 3. The first-order valence-corrected chi connectivity index (χ1v) is 7.91. The quantitative estimate of drug-likeness (QED) is 0.492. The van der Waals surface area contributed by atoms with E-state index in [1.165, 1.54) is 18.2 Å². The molecule has 1 amide bonds. The molecule has 24 heavy (non-hydrogen) atoms. The Balaban J connectivity index is 1.88. The van der Waals surface area contributed by atoms with Gasteiger partial charge in [-0.1, -0.05) is 11.6 Å². The Kier molecular flexibility index (Phi) is 5.56. The Morgan fingerprint density at radius 3 is 2.62 bits per heavy atom. The predicted octanol–water partition coefficient (Wildman–Crippen LogP) is 3.19. The number of carbonyl (C=O) groups excluding carboxylic acids is 1. The molecule has 0 atom stereocenters. The lowest BCUT2D eigenvalue weighted by Crippen LogP contribution is -2.25. The summed E-state index contributed by atoms with van der Waals surface area (Å²) in [5, 5.41) is 18.6. The maximum Gasteiger partial charge on any atom is 0.272 e. The van der Waals surface area contributed by atoms with Gasteiger partial charge in [0.1, 0.15) is 0 Å². The molecule has 2 rings (SSSR count). The van der Waals surface area contributed by atoms with Crippen molar-refractivity contribution in [2.45, 2.75) is 33.7 Å². The minimum atomic E-state index is -0.462. The van der Waals surface area contributed by atoms with Gasteiger partial charge in [0.25, 0.3) is 11.6 Å². The van der Waals surface area contributed by atoms with E-state index in [-0.39, 0.29) is 11.6 Å². The van der Waals surface area contributed by atoms with E-state index < -0.39 is 4.92 Å². The highest BCUT2D eigenvalue weighted by Crippen LogP contribution is 2.19. The number of nitro groups is 1. The van der Waals surface area contributed by atoms with Crippen molar-refractivity contribution in [2.75, 3.05) is 6.54 Å². The first-order chi connectivity index (χ1) is 11.3. The zero-order valence-corrected chi connectivity index (χ0v) is 14.6. The van der Waals surface area contributed by atoms with E-state index in [2.05, 4.69) is 10.4 Å². The van der Waals surface area contributed by atoms with Crippen LogP contribution in [0.1, 0.15) is 33.7 Å². The third-order valence-electron chi connectivity index (χ3n) is 3.78. The molecular formula is C16H19ClN4O3. The van der Waals surface area contributed by atoms with Gasteiger partial charge in [0.2, 0.25) is 0 Å². The molecule has 0 saturated carbocycles. The second-order valence-electron chi connectivity index (χ2n) is 5.58. The minimum absolute atomic E-state index is 0.00737. The fourth-order valence-corrected chi connectivity index (χ4v) is 2.56. The largest absolute Gasteiger partial charge is 0.352 e. The van der Waals surface area contributed by atoms with E-state index in [4.69, 9.17) is 11.6 Å². The fourth-order valence-electron chi connectivity index (χ4n) is 2.43. The number of hydrogen-bond donors (Lipinski definition) is 1. The molecule has 1 N–H and O–H groups in total. The molecule has 0 aliphatic heterocycles. The van der Waals surface area contributed by atoms with E-state index in [1.54, 1.807) is 6.92 Å². The van der Waals surface area contributed by atoms with E-state index >= 15 is 0 Å². The Bertz CT molecular complexity index is 786. The number of hydrogen-bond acceptors (Lipinski definition) is 4. The van der Waals surface area contributed by atoms with E-state index in [0.717, 1.165) is 11.4 Å². The van der Waals surface area contributed by atoms with Crippen molar-refractivity contribution >= 4 is 23.2 Å². The number of benzene rings is 1. The average Bonchev–Trinajstić information content (AvgIpc) is 2.78. The van der Waals surface area contributed by atoms with Gasteiger partial charge in [-0.15, -0.1) is 0 Å². The lowest BCUT2D eigenvalue weighted by atomic mass is 10.1. The van der Waals surface area contributed by atoms with Gasteiger partial charge in [0.15, 0.2) is 0 Å². The van der Waals surface area contributed by atoms with Gasteiger partial charge in [-0.25, -0.2) is 0 Å². The van der Waals surface area contributed by atoms with Crippen LogP contribution in [-0.4, -0.2) is 27.2 Å². The number of rotatable bonds is 6. The standard InChI is InChI=1S/C16H19ClN4O3/c1-10-9-13(5-6-14(10)21(23)24)16(22)18-7-4-8-20-12(3)15(17)11(2)19-20/h5-6,9H,4,7-8H2,1-3H3,(H,18,22). The summed E-state index contributed by atoms with van der Waals surface area (Å²) in [5.41, 5.74) is 2.58. The molecule has 2 aromatic rings. The Hall–Kier alpha value is -2.41. The summed E-state index contributed by atoms with van der Waals surface area (Å²) in [7, 11) is 0. The average molecular weight is 351 g/mol. The highest BCUT2D eigenvalue weighted by Gasteiger charge is 2.13. The van der Waals surface area contributed by atoms with Crippen molar-refractivity contribution in [1.82, 2.24) is 15.1 Å². The molecule has 7 nitrogen and oxygen atoms in total. The van der Waals surface area contributed by atoms with Crippen molar-refractivity contribution in [3.8, 4) is 0 Å². The van der Waals surface area contributed by atoms with Crippen molar-refractivity contribution in [3.63, 3.8) is 0 Å². The number of nitrogens with zero attached hydrogens (tertiary/aromatic N) is 3. The van der Waals surface area contributed by atoms with Gasteiger partial charge in [-0.3, -0.25) is 19.6 Å². The summed E-state index contributed by atoms with van der Waals surface area (Å²) in [5.74, 6) is -0.251. The number of halogens is 1. The number of aromatic nitrogens is 2. The number of carbonyl (C=O) groups is 1. The highest BCUT2D eigenvalue weighted by molar-refractivity contribution is 6.31. The molecule has 0 fully saturated rings. The molecule has 0 bridgehead atoms. The minimum Gasteiger partial charge on any atom is -0.352 e. The number of amides is 1. The lowest BCUT2D eigenvalue weighted by molar-refractivity contribution is -0.385. The fraction of sp³-hybridized carbons (Fsp3) is 0.375. The SMILES string of the molecule is Cc1cc(C(=O)NCCCn2nc(C)c(Cl)c2C)ccc1[N+](=O)[O-]. The van der Waals surface area contributed by atoms with E-state index in [0.29, 0.717) is 35.7 Å². The Morgan fingerprint density at radius 1 is 1.38 bits per heavy atom. The van der Waals surface area contributed by atoms with Crippen LogP contribution in [0.3, 0.4) is 0 Å². The van der Waals surface area contributed by atoms with Crippen LogP contribution in [0.5, 0.6) is 0 Å². The Labute approximate surface area is 144 Å². The van der Waals surface area contributed by atoms with E-state index in [1.807, 2.05) is 18.5 Å². The normalized spacial score (nSPS) is 10.7. The topological polar surface area (TPSA) is 90.1 Å². The molecule has 8 heteroatoms. The molecule has 0 radical (unpaired) electrons. The number of nitrogens with one attached hydrogen (secondary N) is 1. The van der Waals surface area contributed by atoms with Gasteiger partial charge < -0.3 is 5.32 Å². The Morgan fingerprint density at radius 2 is 2.08 bits per heavy atom. The summed E-state index contributed by atoms with van der Waals surface area (Å²) in [6.45, 7) is 6.50. The molecule has 0 spiro atoms. The summed E-state index contributed by atoms with van der Waals surface area (Å²) in [4.78, 5) is 22.4. The van der Waals surface area contributed by atoms with Crippen LogP contribution >= 0.6 is 11.6 Å². The molecule has 128 valence electrons. The van der Waals surface area contributed by atoms with Crippen molar-refractivity contribution in [1.29, 1.82) is 0 Å². The zero-order chi connectivity index (χ0) is 17.9. The first kappa shape index (κ1) is 17.9. The van der Waals surface area contributed by atoms with Crippen molar-refractivity contribution in [3.05, 3.63) is 55.9 Å². The van der Waals surface area contributed by atoms with Crippen LogP contribution in [0, 0.1) is 30.9 Å². The van der Waals surface area contributed by atoms with Crippen LogP contribution in [0.4, 0.5) is 5.69 Å². The van der Waals surface area contributed by atoms with Crippen LogP contribution < -0.4 is 5.32 Å². The third-order valence-corrected chi connectivity index (χ3v) is 4.33. The summed E-state index contributed by atoms with van der Waals surface area (Å²) in [6.07, 6.45) is 0.704. The predicted molar refractivity (Wildman–Crippen MR) is 91.5 cm³/mol. The monoisotopic (exact) mass is 350 g/mol. The molecule has 1 aromatic heterocycles. The van der Waals surface area contributed by atoms with Gasteiger partial charge in [-0.05, 0) is 39.3 Å². The first-order valence-electron chi connectivity index (χ1n) is 7.54. The summed E-state index contributed by atoms with van der Waals surface area (Å²) in [6, 6.07) is 4.33.